The summed E-state index contributed by atoms with van der Waals surface area (Å²) in [6, 6.07) is 18.5. The van der Waals surface area contributed by atoms with Crippen molar-refractivity contribution in [3.63, 3.8) is 0 Å². The van der Waals surface area contributed by atoms with Crippen LogP contribution in [-0.4, -0.2) is 49.7 Å². The van der Waals surface area contributed by atoms with Crippen LogP contribution in [0.25, 0.3) is 0 Å². The summed E-state index contributed by atoms with van der Waals surface area (Å²) >= 11 is 0. The summed E-state index contributed by atoms with van der Waals surface area (Å²) in [4.78, 5) is 22.3. The van der Waals surface area contributed by atoms with Gasteiger partial charge in [0, 0.05) is 10.8 Å². The molecule has 0 aliphatic carbocycles. The van der Waals surface area contributed by atoms with Crippen LogP contribution >= 0.6 is 0 Å². The largest absolute Gasteiger partial charge is 2.00 e. The second-order valence-electron chi connectivity index (χ2n) is 8.02. The summed E-state index contributed by atoms with van der Waals surface area (Å²) in [7, 11) is 0. The standard InChI is InChI=1S/2C12H16O2.Ca/c2*1-9(2)12(3,11(13)14)10-7-5-4-6-8-10;/h2*4-9H,1-3H3,(H,13,14);/q;;+2/p-2. The van der Waals surface area contributed by atoms with Crippen LogP contribution in [0.5, 0.6) is 0 Å². The maximum atomic E-state index is 11.2. The zero-order valence-electron chi connectivity index (χ0n) is 18.3. The van der Waals surface area contributed by atoms with Crippen molar-refractivity contribution in [1.82, 2.24) is 0 Å². The van der Waals surface area contributed by atoms with Gasteiger partial charge in [-0.2, -0.15) is 0 Å². The molecule has 2 rings (SSSR count). The van der Waals surface area contributed by atoms with Gasteiger partial charge in [-0.05, 0) is 36.8 Å². The third kappa shape index (κ3) is 6.31. The van der Waals surface area contributed by atoms with E-state index in [4.69, 9.17) is 0 Å². The van der Waals surface area contributed by atoms with Crippen molar-refractivity contribution < 1.29 is 19.8 Å². The first-order valence-electron chi connectivity index (χ1n) is 9.52. The van der Waals surface area contributed by atoms with E-state index in [9.17, 15) is 19.8 Å². The summed E-state index contributed by atoms with van der Waals surface area (Å²) in [6.45, 7) is 11.0. The molecule has 5 heteroatoms. The first-order chi connectivity index (χ1) is 13.0. The average Bonchev–Trinajstić information content (AvgIpc) is 2.67. The van der Waals surface area contributed by atoms with Gasteiger partial charge in [0.15, 0.2) is 0 Å². The smallest absolute Gasteiger partial charge is 0.549 e. The first kappa shape index (κ1) is 27.6. The fourth-order valence-corrected chi connectivity index (χ4v) is 2.94. The quantitative estimate of drug-likeness (QED) is 0.669. The van der Waals surface area contributed by atoms with E-state index in [1.807, 2.05) is 88.4 Å². The second kappa shape index (κ2) is 11.7. The average molecular weight is 423 g/mol. The monoisotopic (exact) mass is 422 g/mol. The normalized spacial score (nSPS) is 14.6. The van der Waals surface area contributed by atoms with Crippen molar-refractivity contribution in [1.29, 1.82) is 0 Å². The van der Waals surface area contributed by atoms with E-state index in [1.165, 1.54) is 0 Å². The van der Waals surface area contributed by atoms with Crippen LogP contribution in [0.15, 0.2) is 60.7 Å². The van der Waals surface area contributed by atoms with Crippen molar-refractivity contribution in [2.24, 2.45) is 11.8 Å². The number of carboxylic acids is 2. The van der Waals surface area contributed by atoms with Crippen molar-refractivity contribution in [3.05, 3.63) is 71.8 Å². The van der Waals surface area contributed by atoms with Crippen molar-refractivity contribution in [2.75, 3.05) is 0 Å². The van der Waals surface area contributed by atoms with Crippen LogP contribution in [0.2, 0.25) is 0 Å². The molecule has 2 aromatic rings. The van der Waals surface area contributed by atoms with Gasteiger partial charge in [0.2, 0.25) is 0 Å². The molecule has 0 N–H and O–H groups in total. The molecule has 0 amide bonds. The molecule has 29 heavy (non-hydrogen) atoms. The Kier molecular flexibility index (Phi) is 11.2. The number of carbonyl (C=O) groups excluding carboxylic acids is 2. The number of benzene rings is 2. The number of rotatable bonds is 6. The van der Waals surface area contributed by atoms with E-state index in [0.717, 1.165) is 11.1 Å². The van der Waals surface area contributed by atoms with Crippen molar-refractivity contribution in [2.45, 2.75) is 52.4 Å². The van der Waals surface area contributed by atoms with Gasteiger partial charge in [0.05, 0.1) is 11.9 Å². The Morgan fingerprint density at radius 2 is 0.897 bits per heavy atom. The van der Waals surface area contributed by atoms with Gasteiger partial charge in [-0.15, -0.1) is 0 Å². The van der Waals surface area contributed by atoms with Gasteiger partial charge < -0.3 is 19.8 Å². The van der Waals surface area contributed by atoms with Crippen LogP contribution < -0.4 is 10.2 Å². The summed E-state index contributed by atoms with van der Waals surface area (Å²) < 4.78 is 0. The second-order valence-corrected chi connectivity index (χ2v) is 8.02. The van der Waals surface area contributed by atoms with Crippen LogP contribution in [0.3, 0.4) is 0 Å². The minimum atomic E-state index is -1.02. The molecule has 2 aromatic carbocycles. The van der Waals surface area contributed by atoms with Gasteiger partial charge >= 0.3 is 37.7 Å². The number of hydrogen-bond acceptors (Lipinski definition) is 4. The fourth-order valence-electron chi connectivity index (χ4n) is 2.94. The van der Waals surface area contributed by atoms with E-state index < -0.39 is 22.8 Å². The van der Waals surface area contributed by atoms with Gasteiger partial charge in [0.25, 0.3) is 0 Å². The topological polar surface area (TPSA) is 80.3 Å². The Morgan fingerprint density at radius 1 is 0.655 bits per heavy atom. The molecule has 0 radical (unpaired) electrons. The SMILES string of the molecule is CC(C)C(C)(C(=O)[O-])c1ccccc1.CC(C)C(C)(C(=O)[O-])c1ccccc1.[Ca+2]. The summed E-state index contributed by atoms with van der Waals surface area (Å²) in [6.07, 6.45) is 0. The molecule has 0 saturated heterocycles. The first-order valence-corrected chi connectivity index (χ1v) is 9.52. The minimum absolute atomic E-state index is 0. The molecule has 0 fully saturated rings. The van der Waals surface area contributed by atoms with Gasteiger partial charge in [-0.25, -0.2) is 0 Å². The molecule has 0 aliphatic heterocycles. The van der Waals surface area contributed by atoms with Crippen LogP contribution in [0.4, 0.5) is 0 Å². The molecule has 2 atom stereocenters. The van der Waals surface area contributed by atoms with Gasteiger partial charge in [-0.3, -0.25) is 0 Å². The van der Waals surface area contributed by atoms with Gasteiger partial charge in [0.1, 0.15) is 0 Å². The van der Waals surface area contributed by atoms with E-state index >= 15 is 0 Å². The molecular weight excluding hydrogens is 392 g/mol. The maximum Gasteiger partial charge on any atom is 2.00 e. The Morgan fingerprint density at radius 3 is 1.07 bits per heavy atom. The number of carbonyl (C=O) groups is 2. The predicted octanol–water partition coefficient (Wildman–Crippen LogP) is 2.32. The number of aliphatic carboxylic acids is 2. The molecule has 4 nitrogen and oxygen atoms in total. The minimum Gasteiger partial charge on any atom is -0.549 e. The van der Waals surface area contributed by atoms with E-state index in [1.54, 1.807) is 13.8 Å². The van der Waals surface area contributed by atoms with E-state index in [-0.39, 0.29) is 49.6 Å². The van der Waals surface area contributed by atoms with Crippen LogP contribution in [0, 0.1) is 11.8 Å². The predicted molar refractivity (Wildman–Crippen MR) is 113 cm³/mol. The molecular formula is C24H30CaO4. The van der Waals surface area contributed by atoms with E-state index in [0.29, 0.717) is 0 Å². The Balaban J connectivity index is 0.000000523. The van der Waals surface area contributed by atoms with Crippen LogP contribution in [0.1, 0.15) is 52.7 Å². The summed E-state index contributed by atoms with van der Waals surface area (Å²) in [5.74, 6) is -2.01. The molecule has 0 spiro atoms. The number of carboxylic acid groups (broad SMARTS) is 2. The van der Waals surface area contributed by atoms with Crippen LogP contribution in [-0.2, 0) is 20.4 Å². The summed E-state index contributed by atoms with van der Waals surface area (Å²) in [5, 5.41) is 22.3. The third-order valence-electron chi connectivity index (χ3n) is 5.90. The molecule has 0 aliphatic rings. The zero-order valence-corrected chi connectivity index (χ0v) is 20.5. The molecule has 152 valence electrons. The molecule has 2 unspecified atom stereocenters. The molecule has 0 saturated carbocycles. The van der Waals surface area contributed by atoms with Crippen molar-refractivity contribution >= 4 is 49.7 Å². The molecule has 0 bridgehead atoms. The van der Waals surface area contributed by atoms with Gasteiger partial charge in [-0.1, -0.05) is 88.4 Å². The zero-order chi connectivity index (χ0) is 21.5. The number of hydrogen-bond donors (Lipinski definition) is 0. The van der Waals surface area contributed by atoms with Crippen molar-refractivity contribution in [3.8, 4) is 0 Å². The van der Waals surface area contributed by atoms with E-state index in [2.05, 4.69) is 0 Å². The fraction of sp³-hybridized carbons (Fsp3) is 0.417. The maximum absolute atomic E-state index is 11.2. The molecule has 0 heterocycles. The summed E-state index contributed by atoms with van der Waals surface area (Å²) in [5.41, 5.74) is -0.201. The molecule has 0 aromatic heterocycles. The Bertz CT molecular complexity index is 706. The third-order valence-corrected chi connectivity index (χ3v) is 5.90. The Labute approximate surface area is 204 Å². The Hall–Kier alpha value is -1.36.